The van der Waals surface area contributed by atoms with E-state index in [2.05, 4.69) is 10.4 Å². The van der Waals surface area contributed by atoms with Gasteiger partial charge in [-0.05, 0) is 12.8 Å². The smallest absolute Gasteiger partial charge is 0.320 e. The number of rotatable bonds is 4. The minimum atomic E-state index is -0.951. The van der Waals surface area contributed by atoms with Crippen molar-refractivity contribution in [2.24, 2.45) is 13.0 Å². The molecule has 9 heteroatoms. The van der Waals surface area contributed by atoms with Crippen molar-refractivity contribution in [3.63, 3.8) is 0 Å². The Bertz CT molecular complexity index is 612. The largest absolute Gasteiger partial charge is 0.481 e. The van der Waals surface area contributed by atoms with E-state index in [1.807, 2.05) is 0 Å². The van der Waals surface area contributed by atoms with Crippen LogP contribution in [0.1, 0.15) is 49.0 Å². The van der Waals surface area contributed by atoms with Crippen molar-refractivity contribution in [2.45, 2.75) is 44.6 Å². The van der Waals surface area contributed by atoms with E-state index in [1.54, 1.807) is 0 Å². The first kappa shape index (κ1) is 16.9. The molecule has 0 aliphatic heterocycles. The molecular weight excluding hydrogens is 304 g/mol. The van der Waals surface area contributed by atoms with Crippen LogP contribution in [0, 0.1) is 16.0 Å². The topological polar surface area (TPSA) is 127 Å². The molecule has 23 heavy (non-hydrogen) atoms. The van der Waals surface area contributed by atoms with Crippen LogP contribution in [0.25, 0.3) is 0 Å². The zero-order valence-electron chi connectivity index (χ0n) is 12.9. The Kier molecular flexibility index (Phi) is 5.30. The molecule has 1 aliphatic rings. The zero-order valence-corrected chi connectivity index (χ0v) is 12.9. The van der Waals surface area contributed by atoms with Crippen LogP contribution in [-0.4, -0.2) is 37.7 Å². The van der Waals surface area contributed by atoms with Gasteiger partial charge in [-0.2, -0.15) is 5.10 Å². The fourth-order valence-corrected chi connectivity index (χ4v) is 2.96. The molecule has 0 spiro atoms. The summed E-state index contributed by atoms with van der Waals surface area (Å²) in [5.41, 5.74) is -0.675. The first-order valence-electron chi connectivity index (χ1n) is 7.62. The summed E-state index contributed by atoms with van der Waals surface area (Å²) in [5, 5.41) is 26.8. The number of hydrogen-bond donors (Lipinski definition) is 2. The number of hydrogen-bond acceptors (Lipinski definition) is 5. The number of aromatic nitrogens is 2. The number of carboxylic acids is 1. The van der Waals surface area contributed by atoms with Crippen LogP contribution in [0.15, 0.2) is 6.20 Å². The van der Waals surface area contributed by atoms with Crippen molar-refractivity contribution < 1.29 is 19.6 Å². The van der Waals surface area contributed by atoms with Crippen LogP contribution in [-0.2, 0) is 11.8 Å². The maximum Gasteiger partial charge on any atom is 0.320 e. The lowest BCUT2D eigenvalue weighted by molar-refractivity contribution is -0.385. The summed E-state index contributed by atoms with van der Waals surface area (Å²) in [6.07, 6.45) is 5.78. The van der Waals surface area contributed by atoms with Gasteiger partial charge in [-0.25, -0.2) is 0 Å². The van der Waals surface area contributed by atoms with Crippen molar-refractivity contribution in [3.8, 4) is 0 Å². The number of carbonyl (C=O) groups is 2. The highest BCUT2D eigenvalue weighted by Crippen LogP contribution is 2.24. The summed E-state index contributed by atoms with van der Waals surface area (Å²) >= 11 is 0. The minimum absolute atomic E-state index is 0.288. The van der Waals surface area contributed by atoms with Gasteiger partial charge in [0.2, 0.25) is 5.69 Å². The van der Waals surface area contributed by atoms with Gasteiger partial charge in [0, 0.05) is 13.1 Å². The van der Waals surface area contributed by atoms with E-state index in [9.17, 15) is 24.8 Å². The molecule has 0 aromatic carbocycles. The van der Waals surface area contributed by atoms with Crippen molar-refractivity contribution in [2.75, 3.05) is 0 Å². The molecule has 0 saturated heterocycles. The molecule has 2 unspecified atom stereocenters. The second kappa shape index (κ2) is 7.21. The number of carbonyl (C=O) groups excluding carboxylic acids is 1. The van der Waals surface area contributed by atoms with Gasteiger partial charge in [-0.15, -0.1) is 0 Å². The number of carboxylic acid groups (broad SMARTS) is 1. The van der Waals surface area contributed by atoms with Crippen LogP contribution in [0.4, 0.5) is 5.69 Å². The number of aryl methyl sites for hydroxylation is 1. The molecule has 2 N–H and O–H groups in total. The van der Waals surface area contributed by atoms with E-state index in [-0.39, 0.29) is 11.4 Å². The van der Waals surface area contributed by atoms with Crippen molar-refractivity contribution in [1.82, 2.24) is 15.1 Å². The Morgan fingerprint density at radius 1 is 1.35 bits per heavy atom. The molecule has 1 aromatic rings. The van der Waals surface area contributed by atoms with E-state index in [0.717, 1.165) is 31.9 Å². The summed E-state index contributed by atoms with van der Waals surface area (Å²) in [5.74, 6) is -2.33. The van der Waals surface area contributed by atoms with Crippen LogP contribution in [0.2, 0.25) is 0 Å². The fraction of sp³-hybridized carbons (Fsp3) is 0.643. The SMILES string of the molecule is Cn1cc([N+](=O)[O-])c(C(=O)NC2CCCCCCC2C(=O)O)n1. The summed E-state index contributed by atoms with van der Waals surface area (Å²) in [6.45, 7) is 0. The summed E-state index contributed by atoms with van der Waals surface area (Å²) in [4.78, 5) is 34.1. The number of nitro groups is 1. The molecule has 1 aliphatic carbocycles. The molecule has 1 saturated carbocycles. The van der Waals surface area contributed by atoms with Crippen LogP contribution in [0.3, 0.4) is 0 Å². The predicted molar refractivity (Wildman–Crippen MR) is 79.9 cm³/mol. The number of nitrogens with one attached hydrogen (secondary N) is 1. The molecule has 9 nitrogen and oxygen atoms in total. The first-order chi connectivity index (χ1) is 10.9. The molecule has 0 bridgehead atoms. The third-order valence-electron chi connectivity index (χ3n) is 4.12. The molecule has 1 amide bonds. The lowest BCUT2D eigenvalue weighted by atomic mass is 9.86. The van der Waals surface area contributed by atoms with Gasteiger partial charge < -0.3 is 10.4 Å². The maximum atomic E-state index is 12.3. The Balaban J connectivity index is 2.19. The van der Waals surface area contributed by atoms with Crippen molar-refractivity contribution >= 4 is 17.6 Å². The fourth-order valence-electron chi connectivity index (χ4n) is 2.96. The molecule has 1 heterocycles. The highest BCUT2D eigenvalue weighted by molar-refractivity contribution is 5.96. The summed E-state index contributed by atoms with van der Waals surface area (Å²) in [7, 11) is 1.49. The van der Waals surface area contributed by atoms with Gasteiger partial charge in [0.25, 0.3) is 5.91 Å². The highest BCUT2D eigenvalue weighted by atomic mass is 16.6. The molecule has 2 rings (SSSR count). The second-order valence-corrected chi connectivity index (χ2v) is 5.81. The van der Waals surface area contributed by atoms with Crippen molar-refractivity contribution in [1.29, 1.82) is 0 Å². The van der Waals surface area contributed by atoms with Crippen molar-refractivity contribution in [3.05, 3.63) is 22.0 Å². The van der Waals surface area contributed by atoms with Gasteiger partial charge in [0.1, 0.15) is 6.20 Å². The van der Waals surface area contributed by atoms with Gasteiger partial charge in [-0.3, -0.25) is 24.4 Å². The van der Waals surface area contributed by atoms with Crippen LogP contribution in [0.5, 0.6) is 0 Å². The van der Waals surface area contributed by atoms with E-state index in [1.165, 1.54) is 11.7 Å². The zero-order chi connectivity index (χ0) is 17.0. The molecule has 0 radical (unpaired) electrons. The molecule has 1 aromatic heterocycles. The van der Waals surface area contributed by atoms with Gasteiger partial charge in [0.05, 0.1) is 10.8 Å². The first-order valence-corrected chi connectivity index (χ1v) is 7.62. The molecule has 1 fully saturated rings. The average Bonchev–Trinajstić information content (AvgIpc) is 2.83. The van der Waals surface area contributed by atoms with Crippen LogP contribution >= 0.6 is 0 Å². The number of amides is 1. The number of nitrogens with zero attached hydrogens (tertiary/aromatic N) is 3. The second-order valence-electron chi connectivity index (χ2n) is 5.81. The lowest BCUT2D eigenvalue weighted by Crippen LogP contribution is -2.44. The van der Waals surface area contributed by atoms with Crippen LogP contribution < -0.4 is 5.32 Å². The van der Waals surface area contributed by atoms with Gasteiger partial charge in [0.15, 0.2) is 0 Å². The molecule has 126 valence electrons. The predicted octanol–water partition coefficient (Wildman–Crippen LogP) is 1.48. The molecular formula is C14H20N4O5. The lowest BCUT2D eigenvalue weighted by Gasteiger charge is -2.26. The maximum absolute atomic E-state index is 12.3. The highest BCUT2D eigenvalue weighted by Gasteiger charge is 2.33. The summed E-state index contributed by atoms with van der Waals surface area (Å²) in [6, 6.07) is -0.540. The van der Waals surface area contributed by atoms with E-state index in [4.69, 9.17) is 0 Å². The third-order valence-corrected chi connectivity index (χ3v) is 4.12. The summed E-state index contributed by atoms with van der Waals surface area (Å²) < 4.78 is 1.19. The standard InChI is InChI=1S/C14H20N4O5/c1-17-8-11(18(22)23)12(16-17)13(19)15-10-7-5-3-2-4-6-9(10)14(20)21/h8-10H,2-7H2,1H3,(H,15,19)(H,20,21). The van der Waals surface area contributed by atoms with Gasteiger partial charge >= 0.3 is 11.7 Å². The van der Waals surface area contributed by atoms with E-state index >= 15 is 0 Å². The normalized spacial score (nSPS) is 22.0. The monoisotopic (exact) mass is 324 g/mol. The van der Waals surface area contributed by atoms with Gasteiger partial charge in [-0.1, -0.05) is 25.7 Å². The Labute approximate surface area is 132 Å². The van der Waals surface area contributed by atoms with E-state index in [0.29, 0.717) is 12.8 Å². The Morgan fingerprint density at radius 2 is 2.00 bits per heavy atom. The molecule has 2 atom stereocenters. The minimum Gasteiger partial charge on any atom is -0.481 e. The van der Waals surface area contributed by atoms with E-state index < -0.39 is 28.8 Å². The third kappa shape index (κ3) is 4.05. The quantitative estimate of drug-likeness (QED) is 0.638. The number of aliphatic carboxylic acids is 1. The Morgan fingerprint density at radius 3 is 2.61 bits per heavy atom. The average molecular weight is 324 g/mol. The Hall–Kier alpha value is -2.45.